The molecule has 0 atom stereocenters. The first-order valence-electron chi connectivity index (χ1n) is 3.21. The Hall–Kier alpha value is -0.500. The zero-order chi connectivity index (χ0) is 7.28. The molecule has 0 radical (unpaired) electrons. The molecule has 2 nitrogen and oxygen atoms in total. The van der Waals surface area contributed by atoms with E-state index in [9.17, 15) is 0 Å². The van der Waals surface area contributed by atoms with Crippen LogP contribution in [0.1, 0.15) is 26.7 Å². The van der Waals surface area contributed by atoms with Gasteiger partial charge >= 0.3 is 0 Å². The summed E-state index contributed by atoms with van der Waals surface area (Å²) in [6, 6.07) is 0. The molecular formula is C7H15NO. The largest absolute Gasteiger partial charge is 0.417 e. The van der Waals surface area contributed by atoms with Crippen molar-refractivity contribution in [2.24, 2.45) is 11.8 Å². The zero-order valence-corrected chi connectivity index (χ0v) is 6.18. The van der Waals surface area contributed by atoms with Crippen LogP contribution in [0.4, 0.5) is 0 Å². The second-order valence-electron chi connectivity index (χ2n) is 2.59. The summed E-state index contributed by atoms with van der Waals surface area (Å²) in [5, 5.41) is 0. The van der Waals surface area contributed by atoms with Crippen LogP contribution in [-0.2, 0) is 4.84 Å². The van der Waals surface area contributed by atoms with Gasteiger partial charge < -0.3 is 4.84 Å². The molecule has 0 heterocycles. The van der Waals surface area contributed by atoms with E-state index in [1.54, 1.807) is 0 Å². The summed E-state index contributed by atoms with van der Waals surface area (Å²) in [4.78, 5) is 4.41. The molecule has 54 valence electrons. The second-order valence-corrected chi connectivity index (χ2v) is 2.59. The van der Waals surface area contributed by atoms with Gasteiger partial charge in [0.15, 0.2) is 0 Å². The summed E-state index contributed by atoms with van der Waals surface area (Å²) in [6.07, 6.45) is 1.96. The van der Waals surface area contributed by atoms with Crippen LogP contribution >= 0.6 is 0 Å². The normalized spacial score (nSPS) is 9.78. The molecule has 0 saturated carbocycles. The Kier molecular flexibility index (Phi) is 4.14. The lowest BCUT2D eigenvalue weighted by molar-refractivity contribution is 0.207. The minimum Gasteiger partial charge on any atom is -0.417 e. The Morgan fingerprint density at radius 2 is 2.22 bits per heavy atom. The predicted molar refractivity (Wildman–Crippen MR) is 38.5 cm³/mol. The van der Waals surface area contributed by atoms with Crippen molar-refractivity contribution >= 4 is 0 Å². The van der Waals surface area contributed by atoms with Crippen molar-refractivity contribution in [3.05, 3.63) is 12.3 Å². The molecule has 0 amide bonds. The molecule has 0 aromatic rings. The highest BCUT2D eigenvalue weighted by atomic mass is 16.6. The van der Waals surface area contributed by atoms with Crippen LogP contribution in [0.3, 0.4) is 0 Å². The van der Waals surface area contributed by atoms with Gasteiger partial charge in [0.25, 0.3) is 0 Å². The maximum absolute atomic E-state index is 4.86. The fourth-order valence-corrected chi connectivity index (χ4v) is 0.509. The van der Waals surface area contributed by atoms with E-state index in [1.807, 2.05) is 0 Å². The average Bonchev–Trinajstić information content (AvgIpc) is 1.83. The fraction of sp³-hybridized carbons (Fsp3) is 0.714. The van der Waals surface area contributed by atoms with E-state index in [0.29, 0.717) is 11.7 Å². The van der Waals surface area contributed by atoms with E-state index in [4.69, 9.17) is 5.90 Å². The van der Waals surface area contributed by atoms with Crippen molar-refractivity contribution < 1.29 is 4.84 Å². The Labute approximate surface area is 56.6 Å². The molecule has 0 spiro atoms. The maximum atomic E-state index is 4.86. The number of nitrogens with two attached hydrogens (primary N) is 1. The molecule has 9 heavy (non-hydrogen) atoms. The predicted octanol–water partition coefficient (Wildman–Crippen LogP) is 1.83. The quantitative estimate of drug-likeness (QED) is 0.464. The van der Waals surface area contributed by atoms with E-state index >= 15 is 0 Å². The molecule has 2 heteroatoms. The highest BCUT2D eigenvalue weighted by Crippen LogP contribution is 2.08. The molecule has 0 saturated heterocycles. The highest BCUT2D eigenvalue weighted by molar-refractivity contribution is 4.80. The first kappa shape index (κ1) is 8.50. The van der Waals surface area contributed by atoms with Gasteiger partial charge in [-0.3, -0.25) is 0 Å². The van der Waals surface area contributed by atoms with E-state index in [0.717, 1.165) is 12.8 Å². The van der Waals surface area contributed by atoms with Gasteiger partial charge in [0.1, 0.15) is 5.76 Å². The molecular weight excluding hydrogens is 114 g/mol. The molecule has 0 fully saturated rings. The van der Waals surface area contributed by atoms with E-state index in [2.05, 4.69) is 25.3 Å². The van der Waals surface area contributed by atoms with Gasteiger partial charge in [-0.25, -0.2) is 0 Å². The van der Waals surface area contributed by atoms with Crippen LogP contribution in [0, 0.1) is 5.92 Å². The standard InChI is InChI=1S/C7H15NO/c1-6(2)4-5-7(3)9-8/h6H,3-5,8H2,1-2H3. The maximum Gasteiger partial charge on any atom is 0.116 e. The van der Waals surface area contributed by atoms with Gasteiger partial charge in [0.2, 0.25) is 0 Å². The Balaban J connectivity index is 3.17. The van der Waals surface area contributed by atoms with Gasteiger partial charge in [0, 0.05) is 6.42 Å². The van der Waals surface area contributed by atoms with Crippen LogP contribution < -0.4 is 5.90 Å². The lowest BCUT2D eigenvalue weighted by atomic mass is 10.1. The van der Waals surface area contributed by atoms with Gasteiger partial charge in [0.05, 0.1) is 0 Å². The van der Waals surface area contributed by atoms with Crippen LogP contribution in [0.25, 0.3) is 0 Å². The lowest BCUT2D eigenvalue weighted by Gasteiger charge is -2.04. The monoisotopic (exact) mass is 129 g/mol. The highest BCUT2D eigenvalue weighted by Gasteiger charge is 1.96. The molecule has 0 aromatic carbocycles. The minimum absolute atomic E-state index is 0.670. The smallest absolute Gasteiger partial charge is 0.116 e. The SMILES string of the molecule is C=C(CCC(C)C)ON. The molecule has 0 bridgehead atoms. The molecule has 0 unspecified atom stereocenters. The van der Waals surface area contributed by atoms with Crippen molar-refractivity contribution in [2.75, 3.05) is 0 Å². The zero-order valence-electron chi connectivity index (χ0n) is 6.18. The van der Waals surface area contributed by atoms with Crippen LogP contribution in [0.2, 0.25) is 0 Å². The van der Waals surface area contributed by atoms with Gasteiger partial charge in [-0.05, 0) is 12.3 Å². The first-order valence-corrected chi connectivity index (χ1v) is 3.21. The summed E-state index contributed by atoms with van der Waals surface area (Å²) >= 11 is 0. The van der Waals surface area contributed by atoms with Gasteiger partial charge in [-0.2, -0.15) is 5.90 Å². The third-order valence-electron chi connectivity index (χ3n) is 1.17. The molecule has 0 aliphatic carbocycles. The number of hydrogen-bond acceptors (Lipinski definition) is 2. The summed E-state index contributed by atoms with van der Waals surface area (Å²) in [7, 11) is 0. The summed E-state index contributed by atoms with van der Waals surface area (Å²) < 4.78 is 0. The Morgan fingerprint density at radius 1 is 1.67 bits per heavy atom. The minimum atomic E-state index is 0.670. The Bertz CT molecular complexity index is 88.9. The molecule has 0 rings (SSSR count). The van der Waals surface area contributed by atoms with Gasteiger partial charge in [-0.15, -0.1) is 0 Å². The van der Waals surface area contributed by atoms with Crippen molar-refractivity contribution in [2.45, 2.75) is 26.7 Å². The average molecular weight is 129 g/mol. The summed E-state index contributed by atoms with van der Waals surface area (Å²) in [5.41, 5.74) is 0. The topological polar surface area (TPSA) is 35.2 Å². The summed E-state index contributed by atoms with van der Waals surface area (Å²) in [5.74, 6) is 6.22. The van der Waals surface area contributed by atoms with Crippen molar-refractivity contribution in [3.63, 3.8) is 0 Å². The van der Waals surface area contributed by atoms with Gasteiger partial charge in [-0.1, -0.05) is 20.4 Å². The van der Waals surface area contributed by atoms with Crippen molar-refractivity contribution in [1.82, 2.24) is 0 Å². The molecule has 0 aromatic heterocycles. The van der Waals surface area contributed by atoms with Crippen LogP contribution in [-0.4, -0.2) is 0 Å². The first-order chi connectivity index (χ1) is 4.16. The van der Waals surface area contributed by atoms with E-state index < -0.39 is 0 Å². The van der Waals surface area contributed by atoms with Crippen molar-refractivity contribution in [1.29, 1.82) is 0 Å². The molecule has 0 aliphatic rings. The van der Waals surface area contributed by atoms with Crippen LogP contribution in [0.15, 0.2) is 12.3 Å². The number of hydrogen-bond donors (Lipinski definition) is 1. The van der Waals surface area contributed by atoms with Crippen LogP contribution in [0.5, 0.6) is 0 Å². The lowest BCUT2D eigenvalue weighted by Crippen LogP contribution is -1.99. The molecule has 2 N–H and O–H groups in total. The number of allylic oxidation sites excluding steroid dienone is 1. The molecule has 0 aliphatic heterocycles. The van der Waals surface area contributed by atoms with Crippen molar-refractivity contribution in [3.8, 4) is 0 Å². The fourth-order valence-electron chi connectivity index (χ4n) is 0.509. The van der Waals surface area contributed by atoms with E-state index in [-0.39, 0.29) is 0 Å². The second kappa shape index (κ2) is 4.39. The number of rotatable bonds is 4. The summed E-state index contributed by atoms with van der Waals surface area (Å²) in [6.45, 7) is 7.91. The third kappa shape index (κ3) is 5.37. The van der Waals surface area contributed by atoms with E-state index in [1.165, 1.54) is 0 Å². The Morgan fingerprint density at radius 3 is 2.56 bits per heavy atom. The third-order valence-corrected chi connectivity index (χ3v) is 1.17.